The van der Waals surface area contributed by atoms with E-state index in [-0.39, 0.29) is 17.9 Å². The lowest BCUT2D eigenvalue weighted by Crippen LogP contribution is -2.30. The quantitative estimate of drug-likeness (QED) is 0.320. The second-order valence-corrected chi connectivity index (χ2v) is 9.96. The Labute approximate surface area is 184 Å². The molecule has 3 heteroatoms. The van der Waals surface area contributed by atoms with Crippen LogP contribution in [0.2, 0.25) is 0 Å². The lowest BCUT2D eigenvalue weighted by molar-refractivity contribution is 0.137. The molecule has 1 saturated heterocycles. The number of hydrogen-bond donors (Lipinski definition) is 2. The molecule has 2 aliphatic carbocycles. The summed E-state index contributed by atoms with van der Waals surface area (Å²) in [6, 6.07) is 0. The zero-order valence-electron chi connectivity index (χ0n) is 19.2. The fourth-order valence-corrected chi connectivity index (χ4v) is 5.72. The molecule has 1 aliphatic heterocycles. The van der Waals surface area contributed by atoms with Gasteiger partial charge in [0.25, 0.3) is 0 Å². The molecule has 1 heterocycles. The van der Waals surface area contributed by atoms with Crippen LogP contribution in [0, 0.1) is 35.5 Å². The summed E-state index contributed by atoms with van der Waals surface area (Å²) in [6.45, 7) is 7.76. The average molecular weight is 414 g/mol. The van der Waals surface area contributed by atoms with E-state index in [1.165, 1.54) is 64.6 Å². The summed E-state index contributed by atoms with van der Waals surface area (Å²) in [4.78, 5) is 2.64. The average Bonchev–Trinajstić information content (AvgIpc) is 3.27. The summed E-state index contributed by atoms with van der Waals surface area (Å²) < 4.78 is 0. The van der Waals surface area contributed by atoms with Crippen molar-refractivity contribution in [3.05, 3.63) is 23.8 Å². The van der Waals surface area contributed by atoms with Gasteiger partial charge in [-0.2, -0.15) is 0 Å². The van der Waals surface area contributed by atoms with Gasteiger partial charge in [0.2, 0.25) is 0 Å². The number of aliphatic hydroxyl groups excluding tert-OH is 2. The van der Waals surface area contributed by atoms with Gasteiger partial charge in [0.1, 0.15) is 0 Å². The molecule has 3 rings (SSSR count). The van der Waals surface area contributed by atoms with Crippen molar-refractivity contribution in [2.75, 3.05) is 19.6 Å². The smallest absolute Gasteiger partial charge is 0.0755 e. The maximum Gasteiger partial charge on any atom is 0.0755 e. The van der Waals surface area contributed by atoms with E-state index in [1.807, 2.05) is 19.9 Å². The molecular weight excluding hydrogens is 370 g/mol. The van der Waals surface area contributed by atoms with Crippen molar-refractivity contribution in [1.29, 1.82) is 0 Å². The maximum absolute atomic E-state index is 10.6. The predicted molar refractivity (Wildman–Crippen MR) is 125 cm³/mol. The van der Waals surface area contributed by atoms with Crippen molar-refractivity contribution in [3.63, 3.8) is 0 Å². The molecule has 0 aromatic rings. The topological polar surface area (TPSA) is 43.7 Å². The normalized spacial score (nSPS) is 32.9. The third-order valence-electron chi connectivity index (χ3n) is 7.64. The van der Waals surface area contributed by atoms with Crippen molar-refractivity contribution < 1.29 is 10.2 Å². The minimum absolute atomic E-state index is 0.131. The van der Waals surface area contributed by atoms with Crippen LogP contribution >= 0.6 is 0 Å². The second kappa shape index (κ2) is 12.1. The molecule has 2 N–H and O–H groups in total. The van der Waals surface area contributed by atoms with Crippen molar-refractivity contribution in [2.24, 2.45) is 23.7 Å². The van der Waals surface area contributed by atoms with Crippen LogP contribution in [0.4, 0.5) is 0 Å². The molecular formula is C27H43NO2. The number of piperidine rings is 1. The van der Waals surface area contributed by atoms with E-state index in [1.54, 1.807) is 5.57 Å². The third kappa shape index (κ3) is 6.71. The van der Waals surface area contributed by atoms with Gasteiger partial charge < -0.3 is 15.1 Å². The fourth-order valence-electron chi connectivity index (χ4n) is 5.72. The monoisotopic (exact) mass is 413 g/mol. The Morgan fingerprint density at radius 1 is 1.17 bits per heavy atom. The Kier molecular flexibility index (Phi) is 9.50. The van der Waals surface area contributed by atoms with E-state index in [9.17, 15) is 10.2 Å². The van der Waals surface area contributed by atoms with E-state index in [0.717, 1.165) is 12.8 Å². The van der Waals surface area contributed by atoms with Crippen LogP contribution < -0.4 is 0 Å². The highest BCUT2D eigenvalue weighted by atomic mass is 16.3. The minimum atomic E-state index is -0.478. The molecule has 0 spiro atoms. The first-order chi connectivity index (χ1) is 14.6. The summed E-state index contributed by atoms with van der Waals surface area (Å²) in [5.74, 6) is 7.45. The summed E-state index contributed by atoms with van der Waals surface area (Å²) in [7, 11) is 0. The molecule has 3 aliphatic rings. The Bertz CT molecular complexity index is 637. The molecule has 0 unspecified atom stereocenters. The molecule has 2 saturated carbocycles. The molecule has 6 atom stereocenters. The van der Waals surface area contributed by atoms with Gasteiger partial charge in [-0.25, -0.2) is 0 Å². The van der Waals surface area contributed by atoms with Crippen molar-refractivity contribution in [3.8, 4) is 11.8 Å². The van der Waals surface area contributed by atoms with Crippen LogP contribution in [-0.2, 0) is 0 Å². The van der Waals surface area contributed by atoms with E-state index >= 15 is 0 Å². The van der Waals surface area contributed by atoms with E-state index < -0.39 is 6.10 Å². The molecule has 0 bridgehead atoms. The Hall–Kier alpha value is -1.08. The molecule has 0 aromatic heterocycles. The first-order valence-corrected chi connectivity index (χ1v) is 12.4. The second-order valence-electron chi connectivity index (χ2n) is 9.96. The Balaban J connectivity index is 1.42. The van der Waals surface area contributed by atoms with E-state index in [4.69, 9.17) is 0 Å². The molecule has 168 valence electrons. The van der Waals surface area contributed by atoms with Gasteiger partial charge in [0.05, 0.1) is 12.2 Å². The van der Waals surface area contributed by atoms with Crippen LogP contribution in [0.25, 0.3) is 0 Å². The van der Waals surface area contributed by atoms with Crippen LogP contribution in [0.15, 0.2) is 23.8 Å². The van der Waals surface area contributed by atoms with Gasteiger partial charge in [0, 0.05) is 12.3 Å². The Morgan fingerprint density at radius 3 is 2.73 bits per heavy atom. The fraction of sp³-hybridized carbons (Fsp3) is 0.778. The van der Waals surface area contributed by atoms with Gasteiger partial charge in [-0.05, 0) is 95.7 Å². The SMILES string of the molecule is CC#CC[C@@H](C)[C@@H](O)/C=C/[C@@H]1[C@H]2CC(=CCCCCN3CCCCC3)C[C@H]2C[C@H]1O. The highest BCUT2D eigenvalue weighted by molar-refractivity contribution is 5.18. The summed E-state index contributed by atoms with van der Waals surface area (Å²) >= 11 is 0. The van der Waals surface area contributed by atoms with E-state index in [0.29, 0.717) is 18.3 Å². The van der Waals surface area contributed by atoms with Gasteiger partial charge in [-0.3, -0.25) is 0 Å². The van der Waals surface area contributed by atoms with Crippen molar-refractivity contribution in [1.82, 2.24) is 4.90 Å². The Morgan fingerprint density at radius 2 is 1.97 bits per heavy atom. The molecule has 30 heavy (non-hydrogen) atoms. The first kappa shape index (κ1) is 23.6. The number of likely N-dealkylation sites (tertiary alicyclic amines) is 1. The van der Waals surface area contributed by atoms with Crippen molar-refractivity contribution >= 4 is 0 Å². The highest BCUT2D eigenvalue weighted by Crippen LogP contribution is 2.50. The molecule has 3 fully saturated rings. The summed E-state index contributed by atoms with van der Waals surface area (Å²) in [5, 5.41) is 21.0. The largest absolute Gasteiger partial charge is 0.392 e. The number of rotatable bonds is 9. The van der Waals surface area contributed by atoms with Crippen molar-refractivity contribution in [2.45, 2.75) is 90.3 Å². The summed E-state index contributed by atoms with van der Waals surface area (Å²) in [6.07, 6.45) is 17.7. The van der Waals surface area contributed by atoms with Crippen LogP contribution in [0.1, 0.15) is 78.1 Å². The highest BCUT2D eigenvalue weighted by Gasteiger charge is 2.44. The van der Waals surface area contributed by atoms with Gasteiger partial charge in [0.15, 0.2) is 0 Å². The van der Waals surface area contributed by atoms with Gasteiger partial charge in [-0.15, -0.1) is 11.8 Å². The number of fused-ring (bicyclic) bond motifs is 1. The molecule has 0 radical (unpaired) electrons. The third-order valence-corrected chi connectivity index (χ3v) is 7.64. The van der Waals surface area contributed by atoms with Crippen LogP contribution in [0.5, 0.6) is 0 Å². The number of nitrogens with zero attached hydrogens (tertiary/aromatic N) is 1. The molecule has 3 nitrogen and oxygen atoms in total. The zero-order valence-corrected chi connectivity index (χ0v) is 19.2. The number of allylic oxidation sites excluding steroid dienone is 2. The maximum atomic E-state index is 10.6. The zero-order chi connectivity index (χ0) is 21.3. The standard InChI is InChI=1S/C27H43NO2/c1-3-4-11-21(2)26(29)14-13-24-25-19-22(18-23(25)20-27(24)30)12-7-5-8-15-28-16-9-6-10-17-28/h12-14,21,23-27,29-30H,5-11,15-20H2,1-2H3/b14-13+,22-12?/t21-,23+,24-,25+,26+,27-/m1/s1. The number of unbranched alkanes of at least 4 members (excludes halogenated alkanes) is 2. The number of hydrogen-bond acceptors (Lipinski definition) is 3. The summed E-state index contributed by atoms with van der Waals surface area (Å²) in [5.41, 5.74) is 1.61. The minimum Gasteiger partial charge on any atom is -0.392 e. The number of aliphatic hydroxyl groups is 2. The van der Waals surface area contributed by atoms with E-state index in [2.05, 4.69) is 28.9 Å². The molecule has 0 aromatic carbocycles. The van der Waals surface area contributed by atoms with Gasteiger partial charge in [-0.1, -0.05) is 37.1 Å². The van der Waals surface area contributed by atoms with Crippen LogP contribution in [0.3, 0.4) is 0 Å². The first-order valence-electron chi connectivity index (χ1n) is 12.4. The molecule has 0 amide bonds. The van der Waals surface area contributed by atoms with Gasteiger partial charge >= 0.3 is 0 Å². The lowest BCUT2D eigenvalue weighted by Gasteiger charge is -2.26. The van der Waals surface area contributed by atoms with Crippen LogP contribution in [-0.4, -0.2) is 47.0 Å². The lowest BCUT2D eigenvalue weighted by atomic mass is 9.89. The predicted octanol–water partition coefficient (Wildman–Crippen LogP) is 4.94.